The third kappa shape index (κ3) is 2.82. The molecule has 1 aromatic carbocycles. The van der Waals surface area contributed by atoms with E-state index < -0.39 is 0 Å². The van der Waals surface area contributed by atoms with E-state index >= 15 is 0 Å². The van der Waals surface area contributed by atoms with Crippen LogP contribution in [0.25, 0.3) is 0 Å². The first-order valence-corrected chi connectivity index (χ1v) is 5.13. The molecule has 0 aliphatic rings. The van der Waals surface area contributed by atoms with Crippen LogP contribution < -0.4 is 11.1 Å². The zero-order valence-corrected chi connectivity index (χ0v) is 9.30. The van der Waals surface area contributed by atoms with Gasteiger partial charge in [-0.05, 0) is 37.5 Å². The van der Waals surface area contributed by atoms with Gasteiger partial charge in [-0.25, -0.2) is 0 Å². The first kappa shape index (κ1) is 11.2. The van der Waals surface area contributed by atoms with Crippen molar-refractivity contribution in [1.29, 1.82) is 0 Å². The quantitative estimate of drug-likeness (QED) is 0.762. The van der Waals surface area contributed by atoms with Gasteiger partial charge in [0.25, 0.3) is 0 Å². The van der Waals surface area contributed by atoms with Crippen LogP contribution in [0, 0.1) is 13.8 Å². The summed E-state index contributed by atoms with van der Waals surface area (Å²) in [5.74, 6) is 0. The van der Waals surface area contributed by atoms with E-state index in [0.717, 1.165) is 6.54 Å². The number of hydrogen-bond acceptors (Lipinski definition) is 2. The van der Waals surface area contributed by atoms with Crippen LogP contribution in [0.2, 0.25) is 0 Å². The highest BCUT2D eigenvalue weighted by Gasteiger charge is 2.02. The molecule has 0 aromatic heterocycles. The first-order chi connectivity index (χ1) is 6.65. The molecule has 0 heterocycles. The molecule has 3 N–H and O–H groups in total. The Morgan fingerprint density at radius 1 is 1.36 bits per heavy atom. The van der Waals surface area contributed by atoms with Gasteiger partial charge in [0.1, 0.15) is 0 Å². The van der Waals surface area contributed by atoms with Crippen molar-refractivity contribution in [3.05, 3.63) is 34.9 Å². The molecule has 2 nitrogen and oxygen atoms in total. The predicted molar refractivity (Wildman–Crippen MR) is 61.3 cm³/mol. The van der Waals surface area contributed by atoms with Crippen molar-refractivity contribution < 1.29 is 0 Å². The molecule has 1 unspecified atom stereocenters. The molecular weight excluding hydrogens is 172 g/mol. The summed E-state index contributed by atoms with van der Waals surface area (Å²) >= 11 is 0. The Kier molecular flexibility index (Phi) is 4.11. The molecule has 78 valence electrons. The zero-order chi connectivity index (χ0) is 10.6. The van der Waals surface area contributed by atoms with Gasteiger partial charge < -0.3 is 11.1 Å². The van der Waals surface area contributed by atoms with Gasteiger partial charge >= 0.3 is 0 Å². The first-order valence-electron chi connectivity index (χ1n) is 5.13. The number of rotatable bonds is 4. The molecule has 0 aliphatic heterocycles. The lowest BCUT2D eigenvalue weighted by atomic mass is 10.0. The van der Waals surface area contributed by atoms with E-state index in [1.54, 1.807) is 0 Å². The molecular formula is C12H20N2. The molecule has 0 spiro atoms. The Labute approximate surface area is 86.5 Å². The standard InChI is InChI=1S/C12H20N2/c1-9-5-4-6-12(11(9)3)8-14-10(2)7-13/h4-6,10,14H,7-8,13H2,1-3H3. The summed E-state index contributed by atoms with van der Waals surface area (Å²) in [7, 11) is 0. The predicted octanol–water partition coefficient (Wildman–Crippen LogP) is 1.74. The monoisotopic (exact) mass is 192 g/mol. The molecule has 1 atom stereocenters. The number of benzene rings is 1. The van der Waals surface area contributed by atoms with Crippen LogP contribution in [-0.4, -0.2) is 12.6 Å². The van der Waals surface area contributed by atoms with E-state index in [4.69, 9.17) is 5.73 Å². The van der Waals surface area contributed by atoms with E-state index in [2.05, 4.69) is 44.3 Å². The Morgan fingerprint density at radius 2 is 2.07 bits per heavy atom. The molecule has 0 bridgehead atoms. The van der Waals surface area contributed by atoms with Crippen molar-refractivity contribution in [2.75, 3.05) is 6.54 Å². The normalized spacial score (nSPS) is 12.9. The number of aryl methyl sites for hydroxylation is 1. The number of hydrogen-bond donors (Lipinski definition) is 2. The van der Waals surface area contributed by atoms with Gasteiger partial charge in [-0.1, -0.05) is 18.2 Å². The van der Waals surface area contributed by atoms with Crippen molar-refractivity contribution in [2.24, 2.45) is 5.73 Å². The Morgan fingerprint density at radius 3 is 2.71 bits per heavy atom. The Bertz CT molecular complexity index is 294. The topological polar surface area (TPSA) is 38.0 Å². The molecule has 2 heteroatoms. The summed E-state index contributed by atoms with van der Waals surface area (Å²) in [5.41, 5.74) is 9.64. The lowest BCUT2D eigenvalue weighted by Gasteiger charge is -2.13. The molecule has 0 saturated carbocycles. The van der Waals surface area contributed by atoms with Crippen LogP contribution in [0.5, 0.6) is 0 Å². The number of nitrogens with two attached hydrogens (primary N) is 1. The highest BCUT2D eigenvalue weighted by Crippen LogP contribution is 2.12. The maximum absolute atomic E-state index is 5.54. The Hall–Kier alpha value is -0.860. The summed E-state index contributed by atoms with van der Waals surface area (Å²) in [6.45, 7) is 8.01. The zero-order valence-electron chi connectivity index (χ0n) is 9.30. The third-order valence-corrected chi connectivity index (χ3v) is 2.71. The van der Waals surface area contributed by atoms with Crippen LogP contribution in [0.4, 0.5) is 0 Å². The molecule has 1 rings (SSSR count). The van der Waals surface area contributed by atoms with E-state index in [1.807, 2.05) is 0 Å². The molecule has 14 heavy (non-hydrogen) atoms. The van der Waals surface area contributed by atoms with E-state index in [0.29, 0.717) is 12.6 Å². The second-order valence-corrected chi connectivity index (χ2v) is 3.88. The number of nitrogens with one attached hydrogen (secondary N) is 1. The highest BCUT2D eigenvalue weighted by atomic mass is 14.9. The van der Waals surface area contributed by atoms with Gasteiger partial charge in [-0.3, -0.25) is 0 Å². The highest BCUT2D eigenvalue weighted by molar-refractivity contribution is 5.32. The lowest BCUT2D eigenvalue weighted by molar-refractivity contribution is 0.555. The van der Waals surface area contributed by atoms with Gasteiger partial charge in [0, 0.05) is 19.1 Å². The van der Waals surface area contributed by atoms with E-state index in [-0.39, 0.29) is 0 Å². The second-order valence-electron chi connectivity index (χ2n) is 3.88. The van der Waals surface area contributed by atoms with Gasteiger partial charge in [-0.2, -0.15) is 0 Å². The minimum absolute atomic E-state index is 0.384. The summed E-state index contributed by atoms with van der Waals surface area (Å²) in [4.78, 5) is 0. The molecule has 0 amide bonds. The summed E-state index contributed by atoms with van der Waals surface area (Å²) in [6.07, 6.45) is 0. The van der Waals surface area contributed by atoms with Crippen LogP contribution in [0.15, 0.2) is 18.2 Å². The lowest BCUT2D eigenvalue weighted by Crippen LogP contribution is -2.32. The minimum atomic E-state index is 0.384. The summed E-state index contributed by atoms with van der Waals surface area (Å²) in [6, 6.07) is 6.80. The second kappa shape index (κ2) is 5.13. The van der Waals surface area contributed by atoms with Gasteiger partial charge in [0.2, 0.25) is 0 Å². The fourth-order valence-corrected chi connectivity index (χ4v) is 1.37. The molecule has 0 fully saturated rings. The fraction of sp³-hybridized carbons (Fsp3) is 0.500. The van der Waals surface area contributed by atoms with Crippen molar-refractivity contribution in [3.63, 3.8) is 0 Å². The van der Waals surface area contributed by atoms with E-state index in [9.17, 15) is 0 Å². The van der Waals surface area contributed by atoms with Crippen molar-refractivity contribution in [1.82, 2.24) is 5.32 Å². The molecule has 0 radical (unpaired) electrons. The molecule has 1 aromatic rings. The Balaban J connectivity index is 2.63. The fourth-order valence-electron chi connectivity index (χ4n) is 1.37. The van der Waals surface area contributed by atoms with Crippen LogP contribution >= 0.6 is 0 Å². The van der Waals surface area contributed by atoms with Crippen LogP contribution in [0.1, 0.15) is 23.6 Å². The van der Waals surface area contributed by atoms with Gasteiger partial charge in [0.05, 0.1) is 0 Å². The SMILES string of the molecule is Cc1cccc(CNC(C)CN)c1C. The maximum atomic E-state index is 5.54. The average molecular weight is 192 g/mol. The molecule has 0 saturated heterocycles. The van der Waals surface area contributed by atoms with E-state index in [1.165, 1.54) is 16.7 Å². The largest absolute Gasteiger partial charge is 0.329 e. The van der Waals surface area contributed by atoms with Crippen LogP contribution in [0.3, 0.4) is 0 Å². The van der Waals surface area contributed by atoms with Crippen molar-refractivity contribution in [3.8, 4) is 0 Å². The van der Waals surface area contributed by atoms with Gasteiger partial charge in [0.15, 0.2) is 0 Å². The van der Waals surface area contributed by atoms with Crippen molar-refractivity contribution in [2.45, 2.75) is 33.4 Å². The van der Waals surface area contributed by atoms with Crippen molar-refractivity contribution >= 4 is 0 Å². The summed E-state index contributed by atoms with van der Waals surface area (Å²) in [5, 5.41) is 3.39. The third-order valence-electron chi connectivity index (χ3n) is 2.71. The molecule has 0 aliphatic carbocycles. The smallest absolute Gasteiger partial charge is 0.0211 e. The maximum Gasteiger partial charge on any atom is 0.0211 e. The summed E-state index contributed by atoms with van der Waals surface area (Å²) < 4.78 is 0. The van der Waals surface area contributed by atoms with Gasteiger partial charge in [-0.15, -0.1) is 0 Å². The minimum Gasteiger partial charge on any atom is -0.329 e. The average Bonchev–Trinajstić information content (AvgIpc) is 2.20. The van der Waals surface area contributed by atoms with Crippen LogP contribution in [-0.2, 0) is 6.54 Å².